The fourth-order valence-corrected chi connectivity index (χ4v) is 2.27. The molecule has 146 valence electrons. The molecule has 0 saturated heterocycles. The topological polar surface area (TPSA) is 82.1 Å². The molecule has 0 bridgehead atoms. The standard InChI is InChI=1S/C19H22N6OS2/c1-20-18(27)24-22-16(13-7-5-4-6-8-13)17(23-25-19(28)21-2)14-9-11-15(26-3)12-10-14/h4-12H,1-3H3,(H2,20,24,27)(H2,21,25,28)/b22-16+,23-17+. The zero-order chi connectivity index (χ0) is 20.4. The average Bonchev–Trinajstić information content (AvgIpc) is 2.76. The molecule has 9 heteroatoms. The van der Waals surface area contributed by atoms with Crippen LogP contribution in [-0.4, -0.2) is 42.9 Å². The third-order valence-corrected chi connectivity index (χ3v) is 4.22. The van der Waals surface area contributed by atoms with Gasteiger partial charge in [0.1, 0.15) is 17.2 Å². The third-order valence-electron chi connectivity index (χ3n) is 3.63. The quantitative estimate of drug-likeness (QED) is 0.327. The molecule has 7 nitrogen and oxygen atoms in total. The van der Waals surface area contributed by atoms with E-state index in [0.29, 0.717) is 21.6 Å². The molecule has 2 aromatic carbocycles. The first-order chi connectivity index (χ1) is 13.6. The van der Waals surface area contributed by atoms with E-state index in [-0.39, 0.29) is 0 Å². The van der Waals surface area contributed by atoms with Crippen molar-refractivity contribution in [2.24, 2.45) is 10.2 Å². The second-order valence-corrected chi connectivity index (χ2v) is 6.21. The lowest BCUT2D eigenvalue weighted by Crippen LogP contribution is -2.33. The molecular formula is C19H22N6OS2. The predicted molar refractivity (Wildman–Crippen MR) is 122 cm³/mol. The normalized spacial score (nSPS) is 11.4. The molecule has 0 aliphatic carbocycles. The van der Waals surface area contributed by atoms with E-state index in [2.05, 4.69) is 31.7 Å². The van der Waals surface area contributed by atoms with Crippen LogP contribution >= 0.6 is 24.4 Å². The first-order valence-corrected chi connectivity index (χ1v) is 9.21. The summed E-state index contributed by atoms with van der Waals surface area (Å²) in [6, 6.07) is 17.2. The molecular weight excluding hydrogens is 392 g/mol. The van der Waals surface area contributed by atoms with Gasteiger partial charge in [-0.2, -0.15) is 10.2 Å². The lowest BCUT2D eigenvalue weighted by atomic mass is 10.00. The van der Waals surface area contributed by atoms with E-state index in [1.807, 2.05) is 54.6 Å². The van der Waals surface area contributed by atoms with Crippen molar-refractivity contribution in [3.8, 4) is 5.75 Å². The van der Waals surface area contributed by atoms with Crippen LogP contribution in [-0.2, 0) is 0 Å². The second-order valence-electron chi connectivity index (χ2n) is 5.40. The summed E-state index contributed by atoms with van der Waals surface area (Å²) in [5.74, 6) is 0.745. The maximum absolute atomic E-state index is 5.25. The van der Waals surface area contributed by atoms with Crippen LogP contribution in [0, 0.1) is 0 Å². The Hall–Kier alpha value is -3.04. The lowest BCUT2D eigenvalue weighted by molar-refractivity contribution is 0.415. The van der Waals surface area contributed by atoms with Crippen LogP contribution in [0.1, 0.15) is 11.1 Å². The molecule has 2 rings (SSSR count). The van der Waals surface area contributed by atoms with Gasteiger partial charge in [0.25, 0.3) is 0 Å². The van der Waals surface area contributed by atoms with Crippen LogP contribution in [0.5, 0.6) is 5.75 Å². The van der Waals surface area contributed by atoms with Crippen LogP contribution < -0.4 is 26.2 Å². The average molecular weight is 415 g/mol. The first-order valence-electron chi connectivity index (χ1n) is 8.40. The van der Waals surface area contributed by atoms with Gasteiger partial charge in [-0.05, 0) is 48.7 Å². The van der Waals surface area contributed by atoms with Crippen LogP contribution in [0.3, 0.4) is 0 Å². The lowest BCUT2D eigenvalue weighted by Gasteiger charge is -2.13. The molecule has 0 saturated carbocycles. The number of nitrogens with zero attached hydrogens (tertiary/aromatic N) is 2. The van der Waals surface area contributed by atoms with E-state index < -0.39 is 0 Å². The SMILES string of the molecule is CNC(=S)N/N=C(/C(=N/NC(=S)NC)c1ccc(OC)cc1)c1ccccc1. The van der Waals surface area contributed by atoms with Crippen molar-refractivity contribution in [1.82, 2.24) is 21.5 Å². The Bertz CT molecular complexity index is 866. The molecule has 0 atom stereocenters. The maximum Gasteiger partial charge on any atom is 0.186 e. The van der Waals surface area contributed by atoms with E-state index >= 15 is 0 Å². The number of ether oxygens (including phenoxy) is 1. The summed E-state index contributed by atoms with van der Waals surface area (Å²) in [6.07, 6.45) is 0. The summed E-state index contributed by atoms with van der Waals surface area (Å²) in [4.78, 5) is 0. The largest absolute Gasteiger partial charge is 0.497 e. The van der Waals surface area contributed by atoms with Gasteiger partial charge in [-0.1, -0.05) is 30.3 Å². The Morgan fingerprint density at radius 1 is 0.750 bits per heavy atom. The van der Waals surface area contributed by atoms with Crippen LogP contribution in [0.25, 0.3) is 0 Å². The number of hydrogen-bond acceptors (Lipinski definition) is 5. The van der Waals surface area contributed by atoms with Crippen molar-refractivity contribution in [1.29, 1.82) is 0 Å². The fourth-order valence-electron chi connectivity index (χ4n) is 2.18. The van der Waals surface area contributed by atoms with Gasteiger partial charge in [0, 0.05) is 25.2 Å². The molecule has 0 radical (unpaired) electrons. The Balaban J connectivity index is 2.55. The zero-order valence-electron chi connectivity index (χ0n) is 15.8. The highest BCUT2D eigenvalue weighted by Gasteiger charge is 2.16. The van der Waals surface area contributed by atoms with E-state index in [1.165, 1.54) is 0 Å². The summed E-state index contributed by atoms with van der Waals surface area (Å²) < 4.78 is 5.25. The minimum atomic E-state index is 0.386. The highest BCUT2D eigenvalue weighted by molar-refractivity contribution is 7.80. The minimum Gasteiger partial charge on any atom is -0.497 e. The number of methoxy groups -OCH3 is 1. The summed E-state index contributed by atoms with van der Waals surface area (Å²) in [5, 5.41) is 15.4. The molecule has 28 heavy (non-hydrogen) atoms. The van der Waals surface area contributed by atoms with Crippen molar-refractivity contribution < 1.29 is 4.74 Å². The smallest absolute Gasteiger partial charge is 0.186 e. The summed E-state index contributed by atoms with van der Waals surface area (Å²) in [7, 11) is 5.06. The van der Waals surface area contributed by atoms with Crippen molar-refractivity contribution in [2.75, 3.05) is 21.2 Å². The predicted octanol–water partition coefficient (Wildman–Crippen LogP) is 1.99. The Labute approximate surface area is 175 Å². The summed E-state index contributed by atoms with van der Waals surface area (Å²) in [6.45, 7) is 0. The Kier molecular flexibility index (Phi) is 8.32. The first kappa shape index (κ1) is 21.3. The molecule has 0 unspecified atom stereocenters. The number of rotatable bonds is 6. The van der Waals surface area contributed by atoms with Gasteiger partial charge in [0.15, 0.2) is 10.2 Å². The Morgan fingerprint density at radius 3 is 1.64 bits per heavy atom. The monoisotopic (exact) mass is 414 g/mol. The molecule has 0 spiro atoms. The van der Waals surface area contributed by atoms with Crippen LogP contribution in [0.4, 0.5) is 0 Å². The summed E-state index contributed by atoms with van der Waals surface area (Å²) in [5.41, 5.74) is 8.52. The molecule has 0 fully saturated rings. The number of benzene rings is 2. The zero-order valence-corrected chi connectivity index (χ0v) is 17.4. The highest BCUT2D eigenvalue weighted by atomic mass is 32.1. The fraction of sp³-hybridized carbons (Fsp3) is 0.158. The van der Waals surface area contributed by atoms with Gasteiger partial charge in [-0.15, -0.1) is 0 Å². The van der Waals surface area contributed by atoms with Gasteiger partial charge in [-0.3, -0.25) is 10.9 Å². The van der Waals surface area contributed by atoms with Gasteiger partial charge < -0.3 is 15.4 Å². The summed E-state index contributed by atoms with van der Waals surface area (Å²) >= 11 is 10.3. The molecule has 0 aliphatic rings. The van der Waals surface area contributed by atoms with Crippen molar-refractivity contribution in [3.05, 3.63) is 65.7 Å². The molecule has 4 N–H and O–H groups in total. The van der Waals surface area contributed by atoms with Crippen molar-refractivity contribution >= 4 is 46.1 Å². The van der Waals surface area contributed by atoms with Gasteiger partial charge in [-0.25, -0.2) is 0 Å². The van der Waals surface area contributed by atoms with Crippen molar-refractivity contribution in [3.63, 3.8) is 0 Å². The molecule has 0 aliphatic heterocycles. The van der Waals surface area contributed by atoms with Crippen molar-refractivity contribution in [2.45, 2.75) is 0 Å². The van der Waals surface area contributed by atoms with Gasteiger partial charge in [0.05, 0.1) is 7.11 Å². The molecule has 0 heterocycles. The highest BCUT2D eigenvalue weighted by Crippen LogP contribution is 2.15. The van der Waals surface area contributed by atoms with E-state index in [1.54, 1.807) is 21.2 Å². The molecule has 0 aromatic heterocycles. The number of nitrogens with one attached hydrogen (secondary N) is 4. The Morgan fingerprint density at radius 2 is 1.21 bits per heavy atom. The van der Waals surface area contributed by atoms with Gasteiger partial charge >= 0.3 is 0 Å². The number of hydrogen-bond donors (Lipinski definition) is 4. The van der Waals surface area contributed by atoms with E-state index in [4.69, 9.17) is 29.2 Å². The van der Waals surface area contributed by atoms with Crippen LogP contribution in [0.2, 0.25) is 0 Å². The number of hydrazone groups is 2. The van der Waals surface area contributed by atoms with E-state index in [9.17, 15) is 0 Å². The van der Waals surface area contributed by atoms with E-state index in [0.717, 1.165) is 16.9 Å². The maximum atomic E-state index is 5.25. The second kappa shape index (κ2) is 11.0. The van der Waals surface area contributed by atoms with Crippen LogP contribution in [0.15, 0.2) is 64.8 Å². The number of thiocarbonyl (C=S) groups is 2. The third kappa shape index (κ3) is 6.00. The molecule has 0 amide bonds. The minimum absolute atomic E-state index is 0.386. The van der Waals surface area contributed by atoms with Gasteiger partial charge in [0.2, 0.25) is 0 Å². The molecule has 2 aromatic rings.